The summed E-state index contributed by atoms with van der Waals surface area (Å²) in [6.45, 7) is 1.75. The maximum Gasteiger partial charge on any atom is 0.308 e. The van der Waals surface area contributed by atoms with Crippen molar-refractivity contribution >= 4 is 5.97 Å². The van der Waals surface area contributed by atoms with E-state index in [1.807, 2.05) is 0 Å². The third kappa shape index (κ3) is 4.18. The average molecular weight is 269 g/mol. The van der Waals surface area contributed by atoms with Gasteiger partial charge in [-0.1, -0.05) is 19.3 Å². The van der Waals surface area contributed by atoms with Crippen LogP contribution in [-0.2, 0) is 9.53 Å². The van der Waals surface area contributed by atoms with Gasteiger partial charge in [0.2, 0.25) is 0 Å². The van der Waals surface area contributed by atoms with Gasteiger partial charge in [-0.15, -0.1) is 0 Å². The van der Waals surface area contributed by atoms with Crippen molar-refractivity contribution < 1.29 is 14.6 Å². The van der Waals surface area contributed by atoms with Crippen LogP contribution < -0.4 is 0 Å². The predicted molar refractivity (Wildman–Crippen MR) is 74.2 cm³/mol. The number of nitrogens with zero attached hydrogens (tertiary/aromatic N) is 1. The molecule has 4 nitrogen and oxygen atoms in total. The molecule has 0 aromatic carbocycles. The summed E-state index contributed by atoms with van der Waals surface area (Å²) in [5.74, 6) is -0.820. The van der Waals surface area contributed by atoms with Gasteiger partial charge >= 0.3 is 5.97 Å². The topological polar surface area (TPSA) is 49.8 Å². The molecule has 0 radical (unpaired) electrons. The summed E-state index contributed by atoms with van der Waals surface area (Å²) in [6, 6.07) is 0.186. The number of aliphatic carboxylic acids is 1. The zero-order chi connectivity index (χ0) is 13.7. The molecule has 0 bridgehead atoms. The van der Waals surface area contributed by atoms with E-state index in [1.54, 1.807) is 0 Å². The molecular weight excluding hydrogens is 242 g/mol. The van der Waals surface area contributed by atoms with Crippen LogP contribution in [0.1, 0.15) is 51.4 Å². The standard InChI is InChI=1S/C15H27NO3/c1-16(11-12-7-5-6-10-19-12)14-9-4-2-3-8-13(14)15(17)18/h12-14H,2-11H2,1H3,(H,17,18). The molecule has 0 aromatic heterocycles. The molecule has 0 aromatic rings. The zero-order valence-electron chi connectivity index (χ0n) is 12.0. The van der Waals surface area contributed by atoms with E-state index in [4.69, 9.17) is 4.74 Å². The fourth-order valence-electron chi connectivity index (χ4n) is 3.51. The number of ether oxygens (including phenoxy) is 1. The Bertz CT molecular complexity index is 289. The maximum atomic E-state index is 11.5. The molecule has 4 heteroatoms. The van der Waals surface area contributed by atoms with Crippen molar-refractivity contribution in [3.8, 4) is 0 Å². The Kier molecular flexibility index (Phi) is 5.64. The summed E-state index contributed by atoms with van der Waals surface area (Å²) in [7, 11) is 2.07. The van der Waals surface area contributed by atoms with Crippen molar-refractivity contribution in [2.75, 3.05) is 20.2 Å². The molecule has 1 aliphatic heterocycles. The third-order valence-corrected chi connectivity index (χ3v) is 4.63. The normalized spacial score (nSPS) is 33.1. The first-order valence-corrected chi connectivity index (χ1v) is 7.73. The maximum absolute atomic E-state index is 11.5. The van der Waals surface area contributed by atoms with Gasteiger partial charge < -0.3 is 9.84 Å². The predicted octanol–water partition coefficient (Wildman–Crippen LogP) is 2.52. The van der Waals surface area contributed by atoms with Crippen LogP contribution in [0, 0.1) is 5.92 Å². The summed E-state index contributed by atoms with van der Waals surface area (Å²) in [5, 5.41) is 9.43. The van der Waals surface area contributed by atoms with E-state index in [1.165, 1.54) is 19.3 Å². The van der Waals surface area contributed by atoms with E-state index in [0.29, 0.717) is 6.10 Å². The van der Waals surface area contributed by atoms with E-state index >= 15 is 0 Å². The van der Waals surface area contributed by atoms with Crippen LogP contribution in [0.15, 0.2) is 0 Å². The summed E-state index contributed by atoms with van der Waals surface area (Å²) >= 11 is 0. The highest BCUT2D eigenvalue weighted by Gasteiger charge is 2.33. The molecule has 0 spiro atoms. The highest BCUT2D eigenvalue weighted by Crippen LogP contribution is 2.28. The SMILES string of the molecule is CN(CC1CCCCO1)C1CCCCCC1C(=O)O. The summed E-state index contributed by atoms with van der Waals surface area (Å²) < 4.78 is 5.78. The number of rotatable bonds is 4. The first kappa shape index (κ1) is 14.8. The van der Waals surface area contributed by atoms with Crippen LogP contribution in [0.3, 0.4) is 0 Å². The van der Waals surface area contributed by atoms with Crippen LogP contribution in [0.25, 0.3) is 0 Å². The number of likely N-dealkylation sites (N-methyl/N-ethyl adjacent to an activating group) is 1. The van der Waals surface area contributed by atoms with Crippen molar-refractivity contribution in [3.05, 3.63) is 0 Å². The molecule has 1 saturated carbocycles. The molecule has 2 fully saturated rings. The Balaban J connectivity index is 1.93. The fraction of sp³-hybridized carbons (Fsp3) is 0.933. The molecule has 1 heterocycles. The Hall–Kier alpha value is -0.610. The quantitative estimate of drug-likeness (QED) is 0.797. The van der Waals surface area contributed by atoms with Crippen LogP contribution in [0.2, 0.25) is 0 Å². The molecule has 1 saturated heterocycles. The minimum Gasteiger partial charge on any atom is -0.481 e. The number of hydrogen-bond acceptors (Lipinski definition) is 3. The Morgan fingerprint density at radius 2 is 1.89 bits per heavy atom. The van der Waals surface area contributed by atoms with E-state index in [0.717, 1.165) is 45.3 Å². The highest BCUT2D eigenvalue weighted by molar-refractivity contribution is 5.70. The smallest absolute Gasteiger partial charge is 0.308 e. The lowest BCUT2D eigenvalue weighted by atomic mass is 9.93. The first-order chi connectivity index (χ1) is 9.18. The van der Waals surface area contributed by atoms with Crippen LogP contribution in [0.4, 0.5) is 0 Å². The van der Waals surface area contributed by atoms with E-state index in [-0.39, 0.29) is 12.0 Å². The van der Waals surface area contributed by atoms with Gasteiger partial charge in [-0.3, -0.25) is 9.69 Å². The number of hydrogen-bond donors (Lipinski definition) is 1. The molecule has 110 valence electrons. The second kappa shape index (κ2) is 7.25. The molecular formula is C15H27NO3. The van der Waals surface area contributed by atoms with Crippen molar-refractivity contribution in [2.24, 2.45) is 5.92 Å². The molecule has 3 atom stereocenters. The minimum atomic E-state index is -0.622. The van der Waals surface area contributed by atoms with Crippen LogP contribution in [0.5, 0.6) is 0 Å². The number of carboxylic acids is 1. The fourth-order valence-corrected chi connectivity index (χ4v) is 3.51. The lowest BCUT2D eigenvalue weighted by molar-refractivity contribution is -0.144. The largest absolute Gasteiger partial charge is 0.481 e. The van der Waals surface area contributed by atoms with Gasteiger partial charge in [0, 0.05) is 19.2 Å². The van der Waals surface area contributed by atoms with E-state index < -0.39 is 5.97 Å². The van der Waals surface area contributed by atoms with E-state index in [9.17, 15) is 9.90 Å². The van der Waals surface area contributed by atoms with Gasteiger partial charge in [0.05, 0.1) is 12.0 Å². The summed E-state index contributed by atoms with van der Waals surface area (Å²) in [5.41, 5.74) is 0. The van der Waals surface area contributed by atoms with Crippen molar-refractivity contribution in [1.82, 2.24) is 4.90 Å². The molecule has 19 heavy (non-hydrogen) atoms. The Morgan fingerprint density at radius 1 is 1.16 bits per heavy atom. The highest BCUT2D eigenvalue weighted by atomic mass is 16.5. The number of carboxylic acid groups (broad SMARTS) is 1. The average Bonchev–Trinajstić information content (AvgIpc) is 2.65. The Labute approximate surface area is 116 Å². The first-order valence-electron chi connectivity index (χ1n) is 7.73. The van der Waals surface area contributed by atoms with Gasteiger partial charge in [-0.25, -0.2) is 0 Å². The monoisotopic (exact) mass is 269 g/mol. The van der Waals surface area contributed by atoms with Crippen molar-refractivity contribution in [2.45, 2.75) is 63.5 Å². The van der Waals surface area contributed by atoms with Gasteiger partial charge in [0.25, 0.3) is 0 Å². The summed E-state index contributed by atoms with van der Waals surface area (Å²) in [4.78, 5) is 13.7. The van der Waals surface area contributed by atoms with Crippen LogP contribution >= 0.6 is 0 Å². The minimum absolute atomic E-state index is 0.186. The van der Waals surface area contributed by atoms with Crippen molar-refractivity contribution in [3.63, 3.8) is 0 Å². The second-order valence-electron chi connectivity index (χ2n) is 6.08. The summed E-state index contributed by atoms with van der Waals surface area (Å²) in [6.07, 6.45) is 9.06. The van der Waals surface area contributed by atoms with Crippen molar-refractivity contribution in [1.29, 1.82) is 0 Å². The molecule has 2 rings (SSSR count). The lowest BCUT2D eigenvalue weighted by Gasteiger charge is -2.35. The molecule has 2 aliphatic rings. The zero-order valence-corrected chi connectivity index (χ0v) is 12.0. The third-order valence-electron chi connectivity index (χ3n) is 4.63. The lowest BCUT2D eigenvalue weighted by Crippen LogP contribution is -2.45. The van der Waals surface area contributed by atoms with Gasteiger partial charge in [-0.05, 0) is 39.2 Å². The molecule has 0 amide bonds. The van der Waals surface area contributed by atoms with Gasteiger partial charge in [0.15, 0.2) is 0 Å². The van der Waals surface area contributed by atoms with Gasteiger partial charge in [-0.2, -0.15) is 0 Å². The van der Waals surface area contributed by atoms with Gasteiger partial charge in [0.1, 0.15) is 0 Å². The molecule has 3 unspecified atom stereocenters. The van der Waals surface area contributed by atoms with Crippen LogP contribution in [-0.4, -0.2) is 48.3 Å². The van der Waals surface area contributed by atoms with E-state index in [2.05, 4.69) is 11.9 Å². The Morgan fingerprint density at radius 3 is 2.58 bits per heavy atom. The molecule has 1 aliphatic carbocycles. The number of carbonyl (C=O) groups is 1. The molecule has 1 N–H and O–H groups in total. The second-order valence-corrected chi connectivity index (χ2v) is 6.08.